The summed E-state index contributed by atoms with van der Waals surface area (Å²) in [5, 5.41) is 13.8. The van der Waals surface area contributed by atoms with Crippen LogP contribution in [0.4, 0.5) is 5.69 Å². The molecule has 0 bridgehead atoms. The fourth-order valence-electron chi connectivity index (χ4n) is 1.25. The van der Waals surface area contributed by atoms with E-state index in [9.17, 15) is 10.1 Å². The average Bonchev–Trinajstić information content (AvgIpc) is 2.29. The molecular weight excluding hydrogens is 228 g/mol. The maximum absolute atomic E-state index is 10.4. The van der Waals surface area contributed by atoms with Gasteiger partial charge in [0.1, 0.15) is 0 Å². The third kappa shape index (κ3) is 4.16. The van der Waals surface area contributed by atoms with Gasteiger partial charge in [-0.25, -0.2) is 0 Å². The van der Waals surface area contributed by atoms with Crippen molar-refractivity contribution < 1.29 is 4.92 Å². The SMILES string of the molecule is CC[C@H](Cl)CNCc1ccc([N+](=O)[O-])cc1. The molecule has 16 heavy (non-hydrogen) atoms. The highest BCUT2D eigenvalue weighted by Crippen LogP contribution is 2.11. The molecule has 0 aliphatic rings. The molecule has 0 aliphatic heterocycles. The van der Waals surface area contributed by atoms with Gasteiger partial charge in [-0.1, -0.05) is 19.1 Å². The van der Waals surface area contributed by atoms with Crippen LogP contribution in [0.5, 0.6) is 0 Å². The Hall–Kier alpha value is -1.13. The van der Waals surface area contributed by atoms with Crippen LogP contribution >= 0.6 is 11.6 Å². The maximum atomic E-state index is 10.4. The highest BCUT2D eigenvalue weighted by Gasteiger charge is 2.04. The molecule has 0 aliphatic carbocycles. The van der Waals surface area contributed by atoms with Crippen LogP contribution in [0.1, 0.15) is 18.9 Å². The summed E-state index contributed by atoms with van der Waals surface area (Å²) in [4.78, 5) is 10.0. The van der Waals surface area contributed by atoms with Crippen molar-refractivity contribution in [1.82, 2.24) is 5.32 Å². The summed E-state index contributed by atoms with van der Waals surface area (Å²) in [6.45, 7) is 3.46. The summed E-state index contributed by atoms with van der Waals surface area (Å²) in [5.41, 5.74) is 1.14. The fourth-order valence-corrected chi connectivity index (χ4v) is 1.36. The second kappa shape index (κ2) is 6.45. The number of non-ortho nitro benzene ring substituents is 1. The molecule has 0 aromatic heterocycles. The van der Waals surface area contributed by atoms with E-state index >= 15 is 0 Å². The minimum Gasteiger partial charge on any atom is -0.311 e. The van der Waals surface area contributed by atoms with E-state index in [4.69, 9.17) is 11.6 Å². The number of benzene rings is 1. The number of nitro groups is 1. The van der Waals surface area contributed by atoms with Crippen LogP contribution in [-0.2, 0) is 6.54 Å². The van der Waals surface area contributed by atoms with Crippen molar-refractivity contribution in [3.8, 4) is 0 Å². The van der Waals surface area contributed by atoms with Crippen LogP contribution in [0.25, 0.3) is 0 Å². The quantitative estimate of drug-likeness (QED) is 0.474. The Balaban J connectivity index is 2.40. The number of nitrogens with one attached hydrogen (secondary N) is 1. The van der Waals surface area contributed by atoms with Gasteiger partial charge in [-0.15, -0.1) is 11.6 Å². The second-order valence-electron chi connectivity index (χ2n) is 3.56. The monoisotopic (exact) mass is 242 g/mol. The van der Waals surface area contributed by atoms with Crippen molar-refractivity contribution in [3.63, 3.8) is 0 Å². The van der Waals surface area contributed by atoms with E-state index in [-0.39, 0.29) is 11.1 Å². The van der Waals surface area contributed by atoms with Gasteiger partial charge in [0.05, 0.1) is 4.92 Å². The van der Waals surface area contributed by atoms with E-state index in [1.807, 2.05) is 6.92 Å². The van der Waals surface area contributed by atoms with E-state index in [1.165, 1.54) is 12.1 Å². The number of hydrogen-bond donors (Lipinski definition) is 1. The Bertz CT molecular complexity index is 340. The highest BCUT2D eigenvalue weighted by molar-refractivity contribution is 6.20. The van der Waals surface area contributed by atoms with Crippen LogP contribution in [0.15, 0.2) is 24.3 Å². The number of nitrogens with zero attached hydrogens (tertiary/aromatic N) is 1. The normalized spacial score (nSPS) is 12.4. The molecule has 0 saturated carbocycles. The summed E-state index contributed by atoms with van der Waals surface area (Å²) in [6.07, 6.45) is 0.925. The molecule has 0 spiro atoms. The number of halogens is 1. The van der Waals surface area contributed by atoms with E-state index in [2.05, 4.69) is 5.32 Å². The van der Waals surface area contributed by atoms with E-state index in [0.717, 1.165) is 18.5 Å². The molecule has 1 atom stereocenters. The maximum Gasteiger partial charge on any atom is 0.269 e. The Morgan fingerprint density at radius 2 is 2.06 bits per heavy atom. The largest absolute Gasteiger partial charge is 0.311 e. The lowest BCUT2D eigenvalue weighted by Crippen LogP contribution is -2.22. The minimum absolute atomic E-state index is 0.118. The van der Waals surface area contributed by atoms with Crippen LogP contribution in [0.3, 0.4) is 0 Å². The van der Waals surface area contributed by atoms with Gasteiger partial charge in [-0.2, -0.15) is 0 Å². The molecule has 0 unspecified atom stereocenters. The molecule has 1 aromatic rings. The van der Waals surface area contributed by atoms with Gasteiger partial charge in [-0.3, -0.25) is 10.1 Å². The first-order chi connectivity index (χ1) is 7.63. The van der Waals surface area contributed by atoms with Gasteiger partial charge in [-0.05, 0) is 12.0 Å². The summed E-state index contributed by atoms with van der Waals surface area (Å²) >= 11 is 5.95. The van der Waals surface area contributed by atoms with E-state index in [1.54, 1.807) is 12.1 Å². The van der Waals surface area contributed by atoms with Gasteiger partial charge < -0.3 is 5.32 Å². The molecule has 0 radical (unpaired) electrons. The lowest BCUT2D eigenvalue weighted by molar-refractivity contribution is -0.384. The molecule has 0 saturated heterocycles. The first-order valence-electron chi connectivity index (χ1n) is 5.21. The molecule has 1 rings (SSSR count). The van der Waals surface area contributed by atoms with Crippen molar-refractivity contribution in [2.45, 2.75) is 25.3 Å². The summed E-state index contributed by atoms with van der Waals surface area (Å²) in [5.74, 6) is 0. The third-order valence-corrected chi connectivity index (χ3v) is 2.75. The van der Waals surface area contributed by atoms with Crippen molar-refractivity contribution in [2.75, 3.05) is 6.54 Å². The zero-order valence-electron chi connectivity index (χ0n) is 9.15. The third-order valence-electron chi connectivity index (χ3n) is 2.29. The van der Waals surface area contributed by atoms with Crippen molar-refractivity contribution in [1.29, 1.82) is 0 Å². The Morgan fingerprint density at radius 3 is 2.56 bits per heavy atom. The molecule has 0 heterocycles. The molecule has 1 aromatic carbocycles. The summed E-state index contributed by atoms with van der Waals surface area (Å²) < 4.78 is 0. The Morgan fingerprint density at radius 1 is 1.44 bits per heavy atom. The van der Waals surface area contributed by atoms with Gasteiger partial charge in [0, 0.05) is 30.6 Å². The number of nitro benzene ring substituents is 1. The molecule has 0 fully saturated rings. The van der Waals surface area contributed by atoms with Crippen LogP contribution < -0.4 is 5.32 Å². The Kier molecular flexibility index (Phi) is 5.22. The first-order valence-corrected chi connectivity index (χ1v) is 5.65. The predicted molar refractivity (Wildman–Crippen MR) is 64.7 cm³/mol. The van der Waals surface area contributed by atoms with Gasteiger partial charge in [0.2, 0.25) is 0 Å². The van der Waals surface area contributed by atoms with Crippen molar-refractivity contribution in [3.05, 3.63) is 39.9 Å². The van der Waals surface area contributed by atoms with Gasteiger partial charge >= 0.3 is 0 Å². The molecule has 5 heteroatoms. The molecule has 0 amide bonds. The van der Waals surface area contributed by atoms with Crippen LogP contribution in [-0.4, -0.2) is 16.8 Å². The molecule has 88 valence electrons. The Labute approximate surface area is 99.8 Å². The highest BCUT2D eigenvalue weighted by atomic mass is 35.5. The average molecular weight is 243 g/mol. The number of alkyl halides is 1. The van der Waals surface area contributed by atoms with Crippen LogP contribution in [0, 0.1) is 10.1 Å². The van der Waals surface area contributed by atoms with Gasteiger partial charge in [0.25, 0.3) is 5.69 Å². The number of rotatable bonds is 6. The van der Waals surface area contributed by atoms with Crippen molar-refractivity contribution >= 4 is 17.3 Å². The molecule has 4 nitrogen and oxygen atoms in total. The topological polar surface area (TPSA) is 55.2 Å². The zero-order chi connectivity index (χ0) is 12.0. The second-order valence-corrected chi connectivity index (χ2v) is 4.18. The van der Waals surface area contributed by atoms with Crippen LogP contribution in [0.2, 0.25) is 0 Å². The molecule has 1 N–H and O–H groups in total. The predicted octanol–water partition coefficient (Wildman–Crippen LogP) is 2.70. The van der Waals surface area contributed by atoms with Gasteiger partial charge in [0.15, 0.2) is 0 Å². The summed E-state index contributed by atoms with van der Waals surface area (Å²) in [6, 6.07) is 6.52. The lowest BCUT2D eigenvalue weighted by Gasteiger charge is -2.08. The standard InChI is InChI=1S/C11H15ClN2O2/c1-2-10(12)8-13-7-9-3-5-11(6-4-9)14(15)16/h3-6,10,13H,2,7-8H2,1H3/t10-/m0/s1. The zero-order valence-corrected chi connectivity index (χ0v) is 9.91. The summed E-state index contributed by atoms with van der Waals surface area (Å²) in [7, 11) is 0. The van der Waals surface area contributed by atoms with E-state index < -0.39 is 4.92 Å². The lowest BCUT2D eigenvalue weighted by atomic mass is 10.2. The number of hydrogen-bond acceptors (Lipinski definition) is 3. The smallest absolute Gasteiger partial charge is 0.269 e. The first kappa shape index (κ1) is 12.9. The molecular formula is C11H15ClN2O2. The van der Waals surface area contributed by atoms with E-state index in [0.29, 0.717) is 6.54 Å². The van der Waals surface area contributed by atoms with Crippen molar-refractivity contribution in [2.24, 2.45) is 0 Å². The fraction of sp³-hybridized carbons (Fsp3) is 0.455. The minimum atomic E-state index is -0.400.